The number of hydrogen-bond acceptors (Lipinski definition) is 3. The fraction of sp³-hybridized carbons (Fsp3) is 0.462. The van der Waals surface area contributed by atoms with Crippen LogP contribution in [0.1, 0.15) is 28.8 Å². The fourth-order valence-corrected chi connectivity index (χ4v) is 1.89. The summed E-state index contributed by atoms with van der Waals surface area (Å²) in [5, 5.41) is 3.01. The molecule has 3 N–H and O–H groups in total. The molecule has 0 unspecified atom stereocenters. The summed E-state index contributed by atoms with van der Waals surface area (Å²) in [6.07, 6.45) is 1.76. The van der Waals surface area contributed by atoms with E-state index >= 15 is 0 Å². The van der Waals surface area contributed by atoms with Gasteiger partial charge >= 0.3 is 0 Å². The summed E-state index contributed by atoms with van der Waals surface area (Å²) in [6, 6.07) is 5.62. The molecule has 4 nitrogen and oxygen atoms in total. The summed E-state index contributed by atoms with van der Waals surface area (Å²) in [6.45, 7) is 3.37. The SMILES string of the molecule is Cc1ccc(C(=O)NC2CCOCC2)cc1N. The third-order valence-corrected chi connectivity index (χ3v) is 3.10. The van der Waals surface area contributed by atoms with Gasteiger partial charge in [-0.15, -0.1) is 0 Å². The molecule has 1 aromatic carbocycles. The molecule has 1 heterocycles. The number of aryl methyl sites for hydroxylation is 1. The smallest absolute Gasteiger partial charge is 0.251 e. The molecule has 4 heteroatoms. The van der Waals surface area contributed by atoms with E-state index in [1.165, 1.54) is 0 Å². The highest BCUT2D eigenvalue weighted by Crippen LogP contribution is 2.14. The summed E-state index contributed by atoms with van der Waals surface area (Å²) in [5.41, 5.74) is 8.07. The van der Waals surface area contributed by atoms with Crippen molar-refractivity contribution < 1.29 is 9.53 Å². The van der Waals surface area contributed by atoms with Crippen LogP contribution >= 0.6 is 0 Å². The van der Waals surface area contributed by atoms with Gasteiger partial charge in [0.2, 0.25) is 0 Å². The van der Waals surface area contributed by atoms with Crippen molar-refractivity contribution in [3.8, 4) is 0 Å². The van der Waals surface area contributed by atoms with Gasteiger partial charge in [0.05, 0.1) is 0 Å². The molecule has 1 aliphatic heterocycles. The predicted octanol–water partition coefficient (Wildman–Crippen LogP) is 1.49. The maximum Gasteiger partial charge on any atom is 0.251 e. The molecule has 1 aromatic rings. The Kier molecular flexibility index (Phi) is 3.64. The second kappa shape index (κ2) is 5.19. The molecule has 2 rings (SSSR count). The Hall–Kier alpha value is -1.55. The van der Waals surface area contributed by atoms with Gasteiger partial charge in [-0.25, -0.2) is 0 Å². The van der Waals surface area contributed by atoms with Crippen molar-refractivity contribution >= 4 is 11.6 Å². The van der Waals surface area contributed by atoms with Crippen LogP contribution in [0.3, 0.4) is 0 Å². The lowest BCUT2D eigenvalue weighted by Gasteiger charge is -2.23. The van der Waals surface area contributed by atoms with Gasteiger partial charge in [0.1, 0.15) is 0 Å². The summed E-state index contributed by atoms with van der Waals surface area (Å²) in [7, 11) is 0. The number of anilines is 1. The van der Waals surface area contributed by atoms with E-state index in [9.17, 15) is 4.79 Å². The summed E-state index contributed by atoms with van der Waals surface area (Å²) >= 11 is 0. The maximum atomic E-state index is 12.0. The number of hydrogen-bond donors (Lipinski definition) is 2. The van der Waals surface area contributed by atoms with E-state index in [0.717, 1.165) is 31.6 Å². The van der Waals surface area contributed by atoms with Crippen LogP contribution < -0.4 is 11.1 Å². The molecule has 1 aliphatic rings. The number of benzene rings is 1. The normalized spacial score (nSPS) is 16.8. The first-order valence-electron chi connectivity index (χ1n) is 5.91. The van der Waals surface area contributed by atoms with Gasteiger partial charge in [0, 0.05) is 30.5 Å². The molecule has 17 heavy (non-hydrogen) atoms. The molecule has 0 aromatic heterocycles. The van der Waals surface area contributed by atoms with Crippen LogP contribution in [-0.4, -0.2) is 25.2 Å². The van der Waals surface area contributed by atoms with E-state index in [4.69, 9.17) is 10.5 Å². The van der Waals surface area contributed by atoms with Crippen molar-refractivity contribution in [3.05, 3.63) is 29.3 Å². The Labute approximate surface area is 101 Å². The maximum absolute atomic E-state index is 12.0. The zero-order valence-electron chi connectivity index (χ0n) is 10.0. The molecule has 1 amide bonds. The van der Waals surface area contributed by atoms with Crippen LogP contribution in [-0.2, 0) is 4.74 Å². The second-order valence-electron chi connectivity index (χ2n) is 4.43. The minimum Gasteiger partial charge on any atom is -0.398 e. The highest BCUT2D eigenvalue weighted by Gasteiger charge is 2.17. The summed E-state index contributed by atoms with van der Waals surface area (Å²) in [4.78, 5) is 12.0. The lowest BCUT2D eigenvalue weighted by Crippen LogP contribution is -2.38. The molecule has 1 saturated heterocycles. The monoisotopic (exact) mass is 234 g/mol. The van der Waals surface area contributed by atoms with Gasteiger partial charge in [0.15, 0.2) is 0 Å². The van der Waals surface area contributed by atoms with Crippen molar-refractivity contribution in [3.63, 3.8) is 0 Å². The van der Waals surface area contributed by atoms with Crippen LogP contribution in [0.2, 0.25) is 0 Å². The van der Waals surface area contributed by atoms with Crippen molar-refractivity contribution in [2.45, 2.75) is 25.8 Å². The quantitative estimate of drug-likeness (QED) is 0.762. The molecular weight excluding hydrogens is 216 g/mol. The van der Waals surface area contributed by atoms with Crippen molar-refractivity contribution in [2.24, 2.45) is 0 Å². The van der Waals surface area contributed by atoms with Gasteiger partial charge in [-0.05, 0) is 37.5 Å². The number of nitrogens with one attached hydrogen (secondary N) is 1. The Balaban J connectivity index is 2.01. The highest BCUT2D eigenvalue weighted by molar-refractivity contribution is 5.95. The fourth-order valence-electron chi connectivity index (χ4n) is 1.89. The van der Waals surface area contributed by atoms with Crippen LogP contribution in [0, 0.1) is 6.92 Å². The van der Waals surface area contributed by atoms with E-state index in [2.05, 4.69) is 5.32 Å². The van der Waals surface area contributed by atoms with E-state index in [1.54, 1.807) is 12.1 Å². The van der Waals surface area contributed by atoms with Crippen LogP contribution in [0.4, 0.5) is 5.69 Å². The third kappa shape index (κ3) is 2.97. The first-order chi connectivity index (χ1) is 8.16. The van der Waals surface area contributed by atoms with E-state index in [1.807, 2.05) is 13.0 Å². The molecule has 0 atom stereocenters. The van der Waals surface area contributed by atoms with Gasteiger partial charge in [0.25, 0.3) is 5.91 Å². The third-order valence-electron chi connectivity index (χ3n) is 3.10. The molecule has 0 saturated carbocycles. The van der Waals surface area contributed by atoms with Gasteiger partial charge in [-0.1, -0.05) is 6.07 Å². The largest absolute Gasteiger partial charge is 0.398 e. The standard InChI is InChI=1S/C13H18N2O2/c1-9-2-3-10(8-12(9)14)13(16)15-11-4-6-17-7-5-11/h2-3,8,11H,4-7,14H2,1H3,(H,15,16). The Morgan fingerprint density at radius 2 is 2.12 bits per heavy atom. The number of carbonyl (C=O) groups excluding carboxylic acids is 1. The Morgan fingerprint density at radius 1 is 1.41 bits per heavy atom. The lowest BCUT2D eigenvalue weighted by molar-refractivity contribution is 0.0696. The second-order valence-corrected chi connectivity index (χ2v) is 4.43. The highest BCUT2D eigenvalue weighted by atomic mass is 16.5. The average molecular weight is 234 g/mol. The molecule has 0 aliphatic carbocycles. The van der Waals surface area contributed by atoms with Crippen molar-refractivity contribution in [2.75, 3.05) is 18.9 Å². The van der Waals surface area contributed by atoms with Gasteiger partial charge in [-0.2, -0.15) is 0 Å². The molecule has 0 spiro atoms. The van der Waals surface area contributed by atoms with Crippen LogP contribution in [0.5, 0.6) is 0 Å². The van der Waals surface area contributed by atoms with Crippen molar-refractivity contribution in [1.29, 1.82) is 0 Å². The number of nitrogens with two attached hydrogens (primary N) is 1. The van der Waals surface area contributed by atoms with Gasteiger partial charge < -0.3 is 15.8 Å². The van der Waals surface area contributed by atoms with Gasteiger partial charge in [-0.3, -0.25) is 4.79 Å². The zero-order chi connectivity index (χ0) is 12.3. The zero-order valence-corrected chi connectivity index (χ0v) is 10.0. The Bertz CT molecular complexity index is 412. The molecule has 0 radical (unpaired) electrons. The lowest BCUT2D eigenvalue weighted by atomic mass is 10.1. The first kappa shape index (κ1) is 11.9. The summed E-state index contributed by atoms with van der Waals surface area (Å²) in [5.74, 6) is -0.0522. The average Bonchev–Trinajstić information content (AvgIpc) is 2.34. The van der Waals surface area contributed by atoms with E-state index in [0.29, 0.717) is 11.3 Å². The van der Waals surface area contributed by atoms with Crippen LogP contribution in [0.25, 0.3) is 0 Å². The Morgan fingerprint density at radius 3 is 2.76 bits per heavy atom. The number of amides is 1. The number of ether oxygens (including phenoxy) is 1. The summed E-state index contributed by atoms with van der Waals surface area (Å²) < 4.78 is 5.25. The molecule has 92 valence electrons. The predicted molar refractivity (Wildman–Crippen MR) is 66.9 cm³/mol. The van der Waals surface area contributed by atoms with E-state index in [-0.39, 0.29) is 11.9 Å². The number of nitrogen functional groups attached to an aromatic ring is 1. The topological polar surface area (TPSA) is 64.3 Å². The number of carbonyl (C=O) groups is 1. The first-order valence-corrected chi connectivity index (χ1v) is 5.91. The minimum atomic E-state index is -0.0522. The molecule has 0 bridgehead atoms. The van der Waals surface area contributed by atoms with Crippen molar-refractivity contribution in [1.82, 2.24) is 5.32 Å². The molecular formula is C13H18N2O2. The minimum absolute atomic E-state index is 0.0522. The van der Waals surface area contributed by atoms with Crippen LogP contribution in [0.15, 0.2) is 18.2 Å². The molecule has 1 fully saturated rings. The van der Waals surface area contributed by atoms with E-state index < -0.39 is 0 Å². The number of rotatable bonds is 2.